The molecule has 0 saturated carbocycles. The van der Waals surface area contributed by atoms with E-state index in [2.05, 4.69) is 22.8 Å². The number of benzene rings is 1. The van der Waals surface area contributed by atoms with Crippen LogP contribution in [0.5, 0.6) is 0 Å². The monoisotopic (exact) mass is 234 g/mol. The van der Waals surface area contributed by atoms with Gasteiger partial charge in [0, 0.05) is 18.5 Å². The molecule has 2 N–H and O–H groups in total. The second-order valence-corrected chi connectivity index (χ2v) is 4.56. The molecule has 2 atom stereocenters. The Bertz CT molecular complexity index is 337. The molecule has 1 rings (SSSR count). The highest BCUT2D eigenvalue weighted by molar-refractivity contribution is 5.78. The summed E-state index contributed by atoms with van der Waals surface area (Å²) in [5.74, 6) is 0.126. The second-order valence-electron chi connectivity index (χ2n) is 4.56. The van der Waals surface area contributed by atoms with Gasteiger partial charge in [-0.2, -0.15) is 0 Å². The average Bonchev–Trinajstić information content (AvgIpc) is 2.30. The molecule has 0 aliphatic rings. The van der Waals surface area contributed by atoms with Crippen molar-refractivity contribution < 1.29 is 4.79 Å². The molecule has 3 nitrogen and oxygen atoms in total. The summed E-state index contributed by atoms with van der Waals surface area (Å²) in [6.07, 6.45) is 0.874. The predicted molar refractivity (Wildman–Crippen MR) is 70.8 cm³/mol. The number of nitrogens with one attached hydrogen (secondary N) is 2. The highest BCUT2D eigenvalue weighted by Gasteiger charge is 2.14. The number of carbonyl (C=O) groups excluding carboxylic acids is 1. The number of carbonyl (C=O) groups is 1. The molecule has 3 heteroatoms. The molecule has 2 unspecified atom stereocenters. The summed E-state index contributed by atoms with van der Waals surface area (Å²) < 4.78 is 0. The van der Waals surface area contributed by atoms with Crippen molar-refractivity contribution in [3.63, 3.8) is 0 Å². The Morgan fingerprint density at radius 2 is 1.88 bits per heavy atom. The van der Waals surface area contributed by atoms with Crippen molar-refractivity contribution in [3.05, 3.63) is 35.9 Å². The van der Waals surface area contributed by atoms with Crippen LogP contribution in [0.3, 0.4) is 0 Å². The minimum Gasteiger partial charge on any atom is -0.353 e. The molecule has 0 aromatic heterocycles. The lowest BCUT2D eigenvalue weighted by molar-refractivity contribution is -0.124. The van der Waals surface area contributed by atoms with E-state index in [0.29, 0.717) is 6.54 Å². The van der Waals surface area contributed by atoms with E-state index in [1.807, 2.05) is 39.1 Å². The van der Waals surface area contributed by atoms with Gasteiger partial charge in [-0.25, -0.2) is 0 Å². The van der Waals surface area contributed by atoms with Crippen LogP contribution in [0.15, 0.2) is 30.3 Å². The smallest absolute Gasteiger partial charge is 0.224 e. The van der Waals surface area contributed by atoms with Crippen molar-refractivity contribution in [3.8, 4) is 0 Å². The maximum Gasteiger partial charge on any atom is 0.224 e. The van der Waals surface area contributed by atoms with E-state index < -0.39 is 0 Å². The molecule has 94 valence electrons. The van der Waals surface area contributed by atoms with Crippen LogP contribution in [0.1, 0.15) is 19.4 Å². The standard InChI is InChI=1S/C14H22N2O/c1-11(10-15-3)14(17)16-12(2)9-13-7-5-4-6-8-13/h4-8,11-12,15H,9-10H2,1-3H3,(H,16,17). The lowest BCUT2D eigenvalue weighted by atomic mass is 10.1. The van der Waals surface area contributed by atoms with Gasteiger partial charge in [0.2, 0.25) is 5.91 Å². The zero-order valence-electron chi connectivity index (χ0n) is 10.9. The Labute approximate surface area is 104 Å². The van der Waals surface area contributed by atoms with Crippen molar-refractivity contribution in [2.45, 2.75) is 26.3 Å². The van der Waals surface area contributed by atoms with Gasteiger partial charge in [0.05, 0.1) is 0 Å². The summed E-state index contributed by atoms with van der Waals surface area (Å²) in [7, 11) is 1.86. The van der Waals surface area contributed by atoms with Gasteiger partial charge < -0.3 is 10.6 Å². The normalized spacial score (nSPS) is 14.1. The molecule has 0 heterocycles. The van der Waals surface area contributed by atoms with Crippen LogP contribution in [-0.4, -0.2) is 25.5 Å². The van der Waals surface area contributed by atoms with Gasteiger partial charge in [-0.05, 0) is 26.0 Å². The molecule has 0 aliphatic heterocycles. The first-order valence-electron chi connectivity index (χ1n) is 6.12. The topological polar surface area (TPSA) is 41.1 Å². The summed E-state index contributed by atoms with van der Waals surface area (Å²) in [6.45, 7) is 4.68. The number of amides is 1. The van der Waals surface area contributed by atoms with Crippen LogP contribution in [0.4, 0.5) is 0 Å². The molecule has 17 heavy (non-hydrogen) atoms. The first-order chi connectivity index (χ1) is 8.13. The highest BCUT2D eigenvalue weighted by Crippen LogP contribution is 2.03. The minimum atomic E-state index is 0.0122. The van der Waals surface area contributed by atoms with Crippen molar-refractivity contribution in [2.75, 3.05) is 13.6 Å². The molecule has 0 saturated heterocycles. The first-order valence-corrected chi connectivity index (χ1v) is 6.12. The largest absolute Gasteiger partial charge is 0.353 e. The summed E-state index contributed by atoms with van der Waals surface area (Å²) in [6, 6.07) is 10.4. The third-order valence-electron chi connectivity index (χ3n) is 2.73. The zero-order valence-corrected chi connectivity index (χ0v) is 10.9. The van der Waals surface area contributed by atoms with Gasteiger partial charge in [-0.1, -0.05) is 37.3 Å². The van der Waals surface area contributed by atoms with Crippen LogP contribution >= 0.6 is 0 Å². The summed E-state index contributed by atoms with van der Waals surface area (Å²) in [5, 5.41) is 6.04. The first kappa shape index (κ1) is 13.7. The van der Waals surface area contributed by atoms with Crippen molar-refractivity contribution >= 4 is 5.91 Å². The fourth-order valence-corrected chi connectivity index (χ4v) is 1.80. The molecule has 0 bridgehead atoms. The van der Waals surface area contributed by atoms with E-state index in [9.17, 15) is 4.79 Å². The predicted octanol–water partition coefficient (Wildman–Crippen LogP) is 1.59. The van der Waals surface area contributed by atoms with Crippen molar-refractivity contribution in [1.82, 2.24) is 10.6 Å². The molecule has 1 amide bonds. The lowest BCUT2D eigenvalue weighted by Gasteiger charge is -2.17. The van der Waals surface area contributed by atoms with Gasteiger partial charge >= 0.3 is 0 Å². The molecule has 0 fully saturated rings. The van der Waals surface area contributed by atoms with Crippen LogP contribution in [0.2, 0.25) is 0 Å². The minimum absolute atomic E-state index is 0.0122. The third kappa shape index (κ3) is 5.00. The number of hydrogen-bond donors (Lipinski definition) is 2. The maximum atomic E-state index is 11.8. The Morgan fingerprint density at radius 3 is 2.47 bits per heavy atom. The molecule has 0 spiro atoms. The zero-order chi connectivity index (χ0) is 12.7. The number of hydrogen-bond acceptors (Lipinski definition) is 2. The van der Waals surface area contributed by atoms with Gasteiger partial charge in [-0.3, -0.25) is 4.79 Å². The summed E-state index contributed by atoms with van der Waals surface area (Å²) >= 11 is 0. The van der Waals surface area contributed by atoms with Gasteiger partial charge in [0.25, 0.3) is 0 Å². The molecule has 1 aromatic rings. The van der Waals surface area contributed by atoms with E-state index in [1.165, 1.54) is 5.56 Å². The SMILES string of the molecule is CNCC(C)C(=O)NC(C)Cc1ccccc1. The van der Waals surface area contributed by atoms with Crippen LogP contribution in [0.25, 0.3) is 0 Å². The summed E-state index contributed by atoms with van der Waals surface area (Å²) in [5.41, 5.74) is 1.25. The molecule has 0 aliphatic carbocycles. The fraction of sp³-hybridized carbons (Fsp3) is 0.500. The van der Waals surface area contributed by atoms with Gasteiger partial charge in [-0.15, -0.1) is 0 Å². The van der Waals surface area contributed by atoms with E-state index in [1.54, 1.807) is 0 Å². The van der Waals surface area contributed by atoms with Gasteiger partial charge in [0.15, 0.2) is 0 Å². The molecule has 0 radical (unpaired) electrons. The van der Waals surface area contributed by atoms with E-state index in [4.69, 9.17) is 0 Å². The van der Waals surface area contributed by atoms with Crippen LogP contribution in [0, 0.1) is 5.92 Å². The highest BCUT2D eigenvalue weighted by atomic mass is 16.1. The Kier molecular flexibility index (Phi) is 5.70. The third-order valence-corrected chi connectivity index (χ3v) is 2.73. The van der Waals surface area contributed by atoms with Crippen molar-refractivity contribution in [2.24, 2.45) is 5.92 Å². The quantitative estimate of drug-likeness (QED) is 0.785. The van der Waals surface area contributed by atoms with Crippen molar-refractivity contribution in [1.29, 1.82) is 0 Å². The van der Waals surface area contributed by atoms with E-state index in [0.717, 1.165) is 6.42 Å². The second kappa shape index (κ2) is 7.07. The summed E-state index contributed by atoms with van der Waals surface area (Å²) in [4.78, 5) is 11.8. The van der Waals surface area contributed by atoms with Gasteiger partial charge in [0.1, 0.15) is 0 Å². The molecule has 1 aromatic carbocycles. The Morgan fingerprint density at radius 1 is 1.24 bits per heavy atom. The molecular formula is C14H22N2O. The Balaban J connectivity index is 2.39. The number of rotatable bonds is 6. The maximum absolute atomic E-state index is 11.8. The van der Waals surface area contributed by atoms with E-state index >= 15 is 0 Å². The lowest BCUT2D eigenvalue weighted by Crippen LogP contribution is -2.40. The fourth-order valence-electron chi connectivity index (χ4n) is 1.80. The van der Waals surface area contributed by atoms with Crippen LogP contribution < -0.4 is 10.6 Å². The van der Waals surface area contributed by atoms with Crippen LogP contribution in [-0.2, 0) is 11.2 Å². The Hall–Kier alpha value is -1.35. The average molecular weight is 234 g/mol. The molecular weight excluding hydrogens is 212 g/mol. The van der Waals surface area contributed by atoms with E-state index in [-0.39, 0.29) is 17.9 Å².